The monoisotopic (exact) mass is 466 g/mol. The Labute approximate surface area is 190 Å². The zero-order valence-electron chi connectivity index (χ0n) is 17.6. The number of fused-ring (bicyclic) bond motifs is 1. The lowest BCUT2D eigenvalue weighted by molar-refractivity contribution is -0.117. The molecule has 32 heavy (non-hydrogen) atoms. The molecule has 4 aromatic rings. The summed E-state index contributed by atoms with van der Waals surface area (Å²) < 4.78 is 37.3. The van der Waals surface area contributed by atoms with Gasteiger partial charge < -0.3 is 5.32 Å². The van der Waals surface area contributed by atoms with Gasteiger partial charge in [-0.2, -0.15) is 13.5 Å². The number of nitrogens with one attached hydrogen (secondary N) is 2. The average molecular weight is 467 g/mol. The van der Waals surface area contributed by atoms with Gasteiger partial charge in [-0.1, -0.05) is 54.1 Å². The molecule has 0 spiro atoms. The van der Waals surface area contributed by atoms with Crippen molar-refractivity contribution in [3.63, 3.8) is 0 Å². The molecule has 0 radical (unpaired) electrons. The predicted molar refractivity (Wildman–Crippen MR) is 126 cm³/mol. The van der Waals surface area contributed by atoms with Gasteiger partial charge in [0, 0.05) is 5.69 Å². The van der Waals surface area contributed by atoms with Gasteiger partial charge in [-0.05, 0) is 49.6 Å². The van der Waals surface area contributed by atoms with Crippen LogP contribution in [0.15, 0.2) is 71.6 Å². The maximum Gasteiger partial charge on any atom is 0.243 e. The first-order valence-corrected chi connectivity index (χ1v) is 12.2. The Balaban J connectivity index is 1.66. The van der Waals surface area contributed by atoms with Crippen molar-refractivity contribution in [2.24, 2.45) is 0 Å². The van der Waals surface area contributed by atoms with Gasteiger partial charge in [-0.25, -0.2) is 8.42 Å². The van der Waals surface area contributed by atoms with E-state index in [-0.39, 0.29) is 11.3 Å². The maximum atomic E-state index is 13.3. The molecule has 0 aliphatic heterocycles. The van der Waals surface area contributed by atoms with Crippen LogP contribution >= 0.6 is 11.7 Å². The van der Waals surface area contributed by atoms with Crippen LogP contribution in [0.1, 0.15) is 16.7 Å². The SMILES string of the molecule is Cc1ccc(NC(=O)[C@H](Cc2ccccc2)NS(=O)(=O)c2cccc3nsnc23)c(C)c1. The molecule has 7 nitrogen and oxygen atoms in total. The van der Waals surface area contributed by atoms with Crippen LogP contribution in [-0.4, -0.2) is 29.1 Å². The number of rotatable bonds is 7. The maximum absolute atomic E-state index is 13.3. The third kappa shape index (κ3) is 4.85. The van der Waals surface area contributed by atoms with E-state index in [1.54, 1.807) is 12.1 Å². The molecule has 0 saturated carbocycles. The van der Waals surface area contributed by atoms with E-state index in [2.05, 4.69) is 18.8 Å². The number of amides is 1. The molecule has 0 fully saturated rings. The van der Waals surface area contributed by atoms with Crippen molar-refractivity contribution in [3.8, 4) is 0 Å². The Bertz CT molecular complexity index is 1370. The van der Waals surface area contributed by atoms with Crippen molar-refractivity contribution < 1.29 is 13.2 Å². The molecule has 2 N–H and O–H groups in total. The smallest absolute Gasteiger partial charge is 0.243 e. The lowest BCUT2D eigenvalue weighted by atomic mass is 10.1. The Kier molecular flexibility index (Phi) is 6.31. The molecule has 0 unspecified atom stereocenters. The number of carbonyl (C=O) groups is 1. The largest absolute Gasteiger partial charge is 0.324 e. The molecule has 0 bridgehead atoms. The minimum Gasteiger partial charge on any atom is -0.324 e. The molecule has 164 valence electrons. The van der Waals surface area contributed by atoms with Gasteiger partial charge in [0.15, 0.2) is 0 Å². The second kappa shape index (κ2) is 9.15. The van der Waals surface area contributed by atoms with Gasteiger partial charge in [-0.15, -0.1) is 0 Å². The number of nitrogens with zero attached hydrogens (tertiary/aromatic N) is 2. The molecule has 3 aromatic carbocycles. The highest BCUT2D eigenvalue weighted by molar-refractivity contribution is 7.89. The summed E-state index contributed by atoms with van der Waals surface area (Å²) in [4.78, 5) is 13.2. The van der Waals surface area contributed by atoms with Gasteiger partial charge >= 0.3 is 0 Å². The zero-order chi connectivity index (χ0) is 22.7. The first-order chi connectivity index (χ1) is 15.3. The highest BCUT2D eigenvalue weighted by Gasteiger charge is 2.28. The van der Waals surface area contributed by atoms with E-state index in [4.69, 9.17) is 0 Å². The number of carbonyl (C=O) groups excluding carboxylic acids is 1. The highest BCUT2D eigenvalue weighted by Crippen LogP contribution is 2.22. The van der Waals surface area contributed by atoms with Crippen molar-refractivity contribution in [2.45, 2.75) is 31.2 Å². The van der Waals surface area contributed by atoms with Crippen LogP contribution < -0.4 is 10.0 Å². The summed E-state index contributed by atoms with van der Waals surface area (Å²) in [5, 5.41) is 2.87. The molecule has 1 aromatic heterocycles. The Morgan fingerprint density at radius 3 is 2.53 bits per heavy atom. The number of benzene rings is 3. The number of sulfonamides is 1. The van der Waals surface area contributed by atoms with Crippen LogP contribution in [0, 0.1) is 13.8 Å². The van der Waals surface area contributed by atoms with E-state index in [0.717, 1.165) is 28.4 Å². The molecule has 0 aliphatic carbocycles. The minimum atomic E-state index is -4.04. The Morgan fingerprint density at radius 2 is 1.78 bits per heavy atom. The second-order valence-electron chi connectivity index (χ2n) is 7.56. The number of aryl methyl sites for hydroxylation is 2. The average Bonchev–Trinajstić information content (AvgIpc) is 3.24. The van der Waals surface area contributed by atoms with Crippen molar-refractivity contribution in [1.82, 2.24) is 13.5 Å². The Morgan fingerprint density at radius 1 is 1.00 bits per heavy atom. The number of hydrogen-bond acceptors (Lipinski definition) is 6. The fraction of sp³-hybridized carbons (Fsp3) is 0.174. The summed E-state index contributed by atoms with van der Waals surface area (Å²) in [6.07, 6.45) is 0.197. The minimum absolute atomic E-state index is 0.00104. The van der Waals surface area contributed by atoms with E-state index in [9.17, 15) is 13.2 Å². The standard InChI is InChI=1S/C23H22N4O3S2/c1-15-11-12-18(16(2)13-15)24-23(28)20(14-17-7-4-3-5-8-17)27-32(29,30)21-10-6-9-19-22(21)26-31-25-19/h3-13,20,27H,14H2,1-2H3,(H,24,28)/t20-/m0/s1. The van der Waals surface area contributed by atoms with Gasteiger partial charge in [0.05, 0.1) is 11.7 Å². The first kappa shape index (κ1) is 22.1. The van der Waals surface area contributed by atoms with Crippen LogP contribution in [0.5, 0.6) is 0 Å². The lowest BCUT2D eigenvalue weighted by Gasteiger charge is -2.20. The third-order valence-electron chi connectivity index (χ3n) is 5.07. The van der Waals surface area contributed by atoms with E-state index in [1.165, 1.54) is 6.07 Å². The molecule has 9 heteroatoms. The normalized spacial score (nSPS) is 12.6. The van der Waals surface area contributed by atoms with Gasteiger partial charge in [0.25, 0.3) is 0 Å². The molecule has 1 amide bonds. The van der Waals surface area contributed by atoms with Gasteiger partial charge in [0.2, 0.25) is 15.9 Å². The molecule has 0 saturated heterocycles. The van der Waals surface area contributed by atoms with Crippen molar-refractivity contribution in [2.75, 3.05) is 5.32 Å². The van der Waals surface area contributed by atoms with Crippen LogP contribution in [0.25, 0.3) is 11.0 Å². The summed E-state index contributed by atoms with van der Waals surface area (Å²) in [6.45, 7) is 3.87. The van der Waals surface area contributed by atoms with Crippen molar-refractivity contribution in [3.05, 3.63) is 83.4 Å². The van der Waals surface area contributed by atoms with Crippen LogP contribution in [0.2, 0.25) is 0 Å². The molecule has 1 heterocycles. The lowest BCUT2D eigenvalue weighted by Crippen LogP contribution is -2.45. The topological polar surface area (TPSA) is 101 Å². The van der Waals surface area contributed by atoms with Crippen molar-refractivity contribution in [1.29, 1.82) is 0 Å². The van der Waals surface area contributed by atoms with Crippen LogP contribution in [0.4, 0.5) is 5.69 Å². The number of aromatic nitrogens is 2. The van der Waals surface area contributed by atoms with Crippen LogP contribution in [-0.2, 0) is 21.2 Å². The summed E-state index contributed by atoms with van der Waals surface area (Å²) >= 11 is 0.944. The molecule has 4 rings (SSSR count). The van der Waals surface area contributed by atoms with E-state index >= 15 is 0 Å². The molecular weight excluding hydrogens is 444 g/mol. The summed E-state index contributed by atoms with van der Waals surface area (Å²) in [6, 6.07) is 18.7. The quantitative estimate of drug-likeness (QED) is 0.431. The Hall–Kier alpha value is -3.14. The summed E-state index contributed by atoms with van der Waals surface area (Å²) in [5.41, 5.74) is 4.24. The van der Waals surface area contributed by atoms with E-state index < -0.39 is 22.0 Å². The fourth-order valence-corrected chi connectivity index (χ4v) is 5.42. The van der Waals surface area contributed by atoms with E-state index in [0.29, 0.717) is 16.7 Å². The summed E-state index contributed by atoms with van der Waals surface area (Å²) in [5.74, 6) is -0.437. The third-order valence-corrected chi connectivity index (χ3v) is 7.12. The predicted octanol–water partition coefficient (Wildman–Crippen LogP) is 3.84. The second-order valence-corrected chi connectivity index (χ2v) is 9.77. The highest BCUT2D eigenvalue weighted by atomic mass is 32.2. The van der Waals surface area contributed by atoms with Crippen molar-refractivity contribution >= 4 is 44.4 Å². The number of anilines is 1. The van der Waals surface area contributed by atoms with Crippen LogP contribution in [0.3, 0.4) is 0 Å². The fourth-order valence-electron chi connectivity index (χ4n) is 3.46. The summed E-state index contributed by atoms with van der Waals surface area (Å²) in [7, 11) is -4.04. The van der Waals surface area contributed by atoms with Gasteiger partial charge in [0.1, 0.15) is 22.0 Å². The zero-order valence-corrected chi connectivity index (χ0v) is 19.2. The number of hydrogen-bond donors (Lipinski definition) is 2. The molecule has 0 aliphatic rings. The molecular formula is C23H22N4O3S2. The first-order valence-electron chi connectivity index (χ1n) is 9.99. The van der Waals surface area contributed by atoms with E-state index in [1.807, 2.05) is 62.4 Å². The van der Waals surface area contributed by atoms with Gasteiger partial charge in [-0.3, -0.25) is 4.79 Å². The molecule has 1 atom stereocenters.